The zero-order valence-electron chi connectivity index (χ0n) is 20.4. The summed E-state index contributed by atoms with van der Waals surface area (Å²) < 4.78 is 11.4. The zero-order valence-corrected chi connectivity index (χ0v) is 20.4. The molecule has 1 aliphatic rings. The van der Waals surface area contributed by atoms with Crippen LogP contribution in [0.25, 0.3) is 0 Å². The Morgan fingerprint density at radius 2 is 1.44 bits per heavy atom. The van der Waals surface area contributed by atoms with E-state index in [-0.39, 0.29) is 24.4 Å². The highest BCUT2D eigenvalue weighted by Gasteiger charge is 2.17. The van der Waals surface area contributed by atoms with Crippen molar-refractivity contribution in [2.24, 2.45) is 0 Å². The van der Waals surface area contributed by atoms with Gasteiger partial charge in [-0.1, -0.05) is 49.6 Å². The van der Waals surface area contributed by atoms with Crippen LogP contribution in [0.2, 0.25) is 0 Å². The van der Waals surface area contributed by atoms with E-state index in [1.165, 1.54) is 6.42 Å². The number of nitrogens with one attached hydrogen (secondary N) is 3. The molecule has 0 spiro atoms. The van der Waals surface area contributed by atoms with Crippen LogP contribution in [-0.2, 0) is 4.79 Å². The van der Waals surface area contributed by atoms with Gasteiger partial charge in [0.25, 0.3) is 5.91 Å². The van der Waals surface area contributed by atoms with E-state index in [9.17, 15) is 9.59 Å². The van der Waals surface area contributed by atoms with Crippen molar-refractivity contribution >= 4 is 23.2 Å². The van der Waals surface area contributed by atoms with E-state index in [1.807, 2.05) is 54.6 Å². The Kier molecular flexibility index (Phi) is 9.19. The van der Waals surface area contributed by atoms with Gasteiger partial charge in [-0.05, 0) is 55.3 Å². The third-order valence-corrected chi connectivity index (χ3v) is 6.00. The molecule has 0 heterocycles. The first-order valence-electron chi connectivity index (χ1n) is 12.5. The van der Waals surface area contributed by atoms with Gasteiger partial charge < -0.3 is 25.4 Å². The number of anilines is 2. The SMILES string of the molecule is O=C(CNc1cccc(OCCOc2ccccc2)c1)Nc1cccc(C(=O)NC2CCCCC2)c1. The van der Waals surface area contributed by atoms with Crippen molar-refractivity contribution in [3.63, 3.8) is 0 Å². The molecule has 3 aromatic rings. The van der Waals surface area contributed by atoms with Gasteiger partial charge in [-0.3, -0.25) is 9.59 Å². The molecule has 0 bridgehead atoms. The number of carbonyl (C=O) groups is 2. The minimum atomic E-state index is -0.206. The van der Waals surface area contributed by atoms with Gasteiger partial charge >= 0.3 is 0 Å². The quantitative estimate of drug-likeness (QED) is 0.321. The van der Waals surface area contributed by atoms with Gasteiger partial charge in [0.15, 0.2) is 0 Å². The first-order chi connectivity index (χ1) is 17.7. The number of benzene rings is 3. The Balaban J connectivity index is 1.21. The topological polar surface area (TPSA) is 88.7 Å². The molecule has 0 atom stereocenters. The molecule has 0 saturated heterocycles. The molecular formula is C29H33N3O4. The zero-order chi connectivity index (χ0) is 25.0. The predicted octanol–water partition coefficient (Wildman–Crippen LogP) is 5.26. The van der Waals surface area contributed by atoms with Crippen molar-refractivity contribution in [2.75, 3.05) is 30.4 Å². The summed E-state index contributed by atoms with van der Waals surface area (Å²) in [4.78, 5) is 25.1. The lowest BCUT2D eigenvalue weighted by Crippen LogP contribution is -2.36. The predicted molar refractivity (Wildman–Crippen MR) is 142 cm³/mol. The van der Waals surface area contributed by atoms with E-state index in [2.05, 4.69) is 16.0 Å². The Morgan fingerprint density at radius 3 is 2.25 bits per heavy atom. The van der Waals surface area contributed by atoms with Crippen molar-refractivity contribution in [2.45, 2.75) is 38.1 Å². The van der Waals surface area contributed by atoms with Crippen LogP contribution < -0.4 is 25.4 Å². The molecule has 0 unspecified atom stereocenters. The van der Waals surface area contributed by atoms with E-state index in [4.69, 9.17) is 9.47 Å². The fourth-order valence-corrected chi connectivity index (χ4v) is 4.17. The molecule has 36 heavy (non-hydrogen) atoms. The molecule has 7 heteroatoms. The van der Waals surface area contributed by atoms with Crippen LogP contribution in [0.5, 0.6) is 11.5 Å². The van der Waals surface area contributed by atoms with Gasteiger partial charge in [0, 0.05) is 29.0 Å². The lowest BCUT2D eigenvalue weighted by molar-refractivity contribution is -0.114. The maximum absolute atomic E-state index is 12.6. The van der Waals surface area contributed by atoms with Gasteiger partial charge in [0.2, 0.25) is 5.91 Å². The number of carbonyl (C=O) groups excluding carboxylic acids is 2. The summed E-state index contributed by atoms with van der Waals surface area (Å²) in [5, 5.41) is 9.07. The standard InChI is InChI=1S/C29H33N3O4/c33-28(31-25-13-7-9-22(19-25)29(34)32-23-10-3-1-4-11-23)21-30-24-12-8-16-27(20-24)36-18-17-35-26-14-5-2-6-15-26/h2,5-9,12-16,19-20,23,30H,1,3-4,10-11,17-18,21H2,(H,31,33)(H,32,34). The van der Waals surface area contributed by atoms with E-state index >= 15 is 0 Å². The number of ether oxygens (including phenoxy) is 2. The number of rotatable bonds is 11. The minimum Gasteiger partial charge on any atom is -0.490 e. The number of hydrogen-bond donors (Lipinski definition) is 3. The van der Waals surface area contributed by atoms with Gasteiger partial charge in [-0.25, -0.2) is 0 Å². The van der Waals surface area contributed by atoms with Crippen molar-refractivity contribution in [3.05, 3.63) is 84.4 Å². The molecule has 4 rings (SSSR count). The third kappa shape index (κ3) is 8.05. The van der Waals surface area contributed by atoms with Crippen LogP contribution in [0.4, 0.5) is 11.4 Å². The summed E-state index contributed by atoms with van der Waals surface area (Å²) in [6.45, 7) is 0.921. The van der Waals surface area contributed by atoms with Gasteiger partial charge in [-0.15, -0.1) is 0 Å². The second-order valence-electron chi connectivity index (χ2n) is 8.83. The average molecular weight is 488 g/mol. The average Bonchev–Trinajstić information content (AvgIpc) is 2.91. The Morgan fingerprint density at radius 1 is 0.750 bits per heavy atom. The lowest BCUT2D eigenvalue weighted by atomic mass is 9.95. The van der Waals surface area contributed by atoms with Crippen LogP contribution in [-0.4, -0.2) is 37.6 Å². The molecule has 0 aliphatic heterocycles. The minimum absolute atomic E-state index is 0.0824. The van der Waals surface area contributed by atoms with E-state index in [1.54, 1.807) is 24.3 Å². The fraction of sp³-hybridized carbons (Fsp3) is 0.310. The van der Waals surface area contributed by atoms with Crippen LogP contribution >= 0.6 is 0 Å². The summed E-state index contributed by atoms with van der Waals surface area (Å²) in [5.74, 6) is 1.19. The maximum atomic E-state index is 12.6. The normalized spacial score (nSPS) is 13.4. The smallest absolute Gasteiger partial charge is 0.251 e. The van der Waals surface area contributed by atoms with Crippen molar-refractivity contribution in [3.8, 4) is 11.5 Å². The molecule has 2 amide bonds. The fourth-order valence-electron chi connectivity index (χ4n) is 4.17. The van der Waals surface area contributed by atoms with Crippen LogP contribution in [0.1, 0.15) is 42.5 Å². The van der Waals surface area contributed by atoms with Crippen molar-refractivity contribution < 1.29 is 19.1 Å². The summed E-state index contributed by atoms with van der Waals surface area (Å²) in [6.07, 6.45) is 5.61. The van der Waals surface area contributed by atoms with E-state index < -0.39 is 0 Å². The molecule has 0 aromatic heterocycles. The molecule has 1 aliphatic carbocycles. The van der Waals surface area contributed by atoms with Gasteiger partial charge in [-0.2, -0.15) is 0 Å². The third-order valence-electron chi connectivity index (χ3n) is 6.00. The van der Waals surface area contributed by atoms with Gasteiger partial charge in [0.05, 0.1) is 6.54 Å². The molecular weight excluding hydrogens is 454 g/mol. The van der Waals surface area contributed by atoms with Gasteiger partial charge in [0.1, 0.15) is 24.7 Å². The molecule has 1 saturated carbocycles. The Labute approximate surface area is 212 Å². The first-order valence-corrected chi connectivity index (χ1v) is 12.5. The van der Waals surface area contributed by atoms with Crippen molar-refractivity contribution in [1.82, 2.24) is 5.32 Å². The monoisotopic (exact) mass is 487 g/mol. The van der Waals surface area contributed by atoms with Crippen molar-refractivity contribution in [1.29, 1.82) is 0 Å². The second-order valence-corrected chi connectivity index (χ2v) is 8.83. The summed E-state index contributed by atoms with van der Waals surface area (Å²) in [5.41, 5.74) is 1.91. The lowest BCUT2D eigenvalue weighted by Gasteiger charge is -2.22. The first kappa shape index (κ1) is 25.1. The molecule has 1 fully saturated rings. The Bertz CT molecular complexity index is 1130. The van der Waals surface area contributed by atoms with E-state index in [0.717, 1.165) is 37.1 Å². The highest BCUT2D eigenvalue weighted by Crippen LogP contribution is 2.19. The summed E-state index contributed by atoms with van der Waals surface area (Å²) >= 11 is 0. The number of para-hydroxylation sites is 1. The number of amides is 2. The molecule has 188 valence electrons. The molecule has 3 N–H and O–H groups in total. The second kappa shape index (κ2) is 13.2. The molecule has 0 radical (unpaired) electrons. The maximum Gasteiger partial charge on any atom is 0.251 e. The van der Waals surface area contributed by atoms with E-state index in [0.29, 0.717) is 30.2 Å². The number of hydrogen-bond acceptors (Lipinski definition) is 5. The van der Waals surface area contributed by atoms with Crippen LogP contribution in [0.3, 0.4) is 0 Å². The highest BCUT2D eigenvalue weighted by atomic mass is 16.5. The van der Waals surface area contributed by atoms with Crippen LogP contribution in [0, 0.1) is 0 Å². The largest absolute Gasteiger partial charge is 0.490 e. The summed E-state index contributed by atoms with van der Waals surface area (Å²) in [6, 6.07) is 24.3. The molecule has 3 aromatic carbocycles. The highest BCUT2D eigenvalue weighted by molar-refractivity contribution is 5.98. The Hall–Kier alpha value is -4.00. The molecule has 7 nitrogen and oxygen atoms in total. The summed E-state index contributed by atoms with van der Waals surface area (Å²) in [7, 11) is 0. The van der Waals surface area contributed by atoms with Crippen LogP contribution in [0.15, 0.2) is 78.9 Å².